The molecule has 1 aromatic heterocycles. The Morgan fingerprint density at radius 2 is 2.47 bits per heavy atom. The lowest BCUT2D eigenvalue weighted by molar-refractivity contribution is 0.398. The molecular formula is C12H22N4S. The van der Waals surface area contributed by atoms with E-state index >= 15 is 0 Å². The van der Waals surface area contributed by atoms with Crippen molar-refractivity contribution in [3.05, 3.63) is 17.5 Å². The van der Waals surface area contributed by atoms with Gasteiger partial charge in [-0.1, -0.05) is 0 Å². The number of aromatic nitrogens is 2. The zero-order chi connectivity index (χ0) is 12.5. The van der Waals surface area contributed by atoms with Crippen LogP contribution < -0.4 is 11.3 Å². The molecule has 3 N–H and O–H groups in total. The summed E-state index contributed by atoms with van der Waals surface area (Å²) in [4.78, 5) is 0. The first-order valence-electron chi connectivity index (χ1n) is 6.15. The van der Waals surface area contributed by atoms with Gasteiger partial charge in [0.05, 0.1) is 5.69 Å². The van der Waals surface area contributed by atoms with Crippen LogP contribution in [0.5, 0.6) is 0 Å². The van der Waals surface area contributed by atoms with E-state index in [4.69, 9.17) is 5.84 Å². The Morgan fingerprint density at radius 1 is 1.71 bits per heavy atom. The second-order valence-electron chi connectivity index (χ2n) is 5.09. The molecule has 1 aromatic rings. The molecule has 1 fully saturated rings. The molecule has 0 bridgehead atoms. The first-order valence-corrected chi connectivity index (χ1v) is 7.13. The zero-order valence-electron chi connectivity index (χ0n) is 10.9. The summed E-state index contributed by atoms with van der Waals surface area (Å²) >= 11 is 2.04. The topological polar surface area (TPSA) is 55.9 Å². The Bertz CT molecular complexity index is 382. The highest BCUT2D eigenvalue weighted by atomic mass is 32.2. The third kappa shape index (κ3) is 2.67. The molecule has 0 spiro atoms. The van der Waals surface area contributed by atoms with Crippen molar-refractivity contribution in [1.82, 2.24) is 15.2 Å². The Labute approximate surface area is 107 Å². The minimum absolute atomic E-state index is 0.257. The molecule has 0 radical (unpaired) electrons. The van der Waals surface area contributed by atoms with Crippen LogP contribution in [0.25, 0.3) is 0 Å². The number of thioether (sulfide) groups is 1. The predicted octanol–water partition coefficient (Wildman–Crippen LogP) is 1.39. The van der Waals surface area contributed by atoms with Crippen molar-refractivity contribution in [2.24, 2.45) is 12.9 Å². The smallest absolute Gasteiger partial charge is 0.0596 e. The van der Waals surface area contributed by atoms with E-state index in [1.54, 1.807) is 0 Å². The normalized spacial score (nSPS) is 26.4. The van der Waals surface area contributed by atoms with E-state index in [-0.39, 0.29) is 4.75 Å². The maximum Gasteiger partial charge on any atom is 0.0596 e. The van der Waals surface area contributed by atoms with Crippen molar-refractivity contribution in [3.63, 3.8) is 0 Å². The van der Waals surface area contributed by atoms with Gasteiger partial charge in [-0.3, -0.25) is 16.0 Å². The summed E-state index contributed by atoms with van der Waals surface area (Å²) in [6.45, 7) is 4.35. The van der Waals surface area contributed by atoms with Crippen LogP contribution in [-0.2, 0) is 13.5 Å². The number of nitrogens with one attached hydrogen (secondary N) is 1. The summed E-state index contributed by atoms with van der Waals surface area (Å²) in [5, 5.41) is 4.39. The Hall–Kier alpha value is -0.520. The lowest BCUT2D eigenvalue weighted by Crippen LogP contribution is -2.50. The van der Waals surface area contributed by atoms with Gasteiger partial charge in [-0.25, -0.2) is 0 Å². The highest BCUT2D eigenvalue weighted by Crippen LogP contribution is 2.41. The maximum absolute atomic E-state index is 5.75. The molecule has 4 nitrogen and oxygen atoms in total. The van der Waals surface area contributed by atoms with Crippen molar-refractivity contribution in [1.29, 1.82) is 0 Å². The number of hydrazine groups is 1. The molecule has 2 unspecified atom stereocenters. The fourth-order valence-corrected chi connectivity index (χ4v) is 3.99. The molecule has 1 aliphatic heterocycles. The minimum Gasteiger partial charge on any atom is -0.272 e. The van der Waals surface area contributed by atoms with Gasteiger partial charge in [0.2, 0.25) is 0 Å². The minimum atomic E-state index is 0.257. The number of hydrogen-bond donors (Lipinski definition) is 2. The molecular weight excluding hydrogens is 232 g/mol. The zero-order valence-corrected chi connectivity index (χ0v) is 11.7. The second kappa shape index (κ2) is 5.00. The summed E-state index contributed by atoms with van der Waals surface area (Å²) < 4.78 is 2.22. The summed E-state index contributed by atoms with van der Waals surface area (Å²) in [6, 6.07) is 2.46. The van der Waals surface area contributed by atoms with Crippen molar-refractivity contribution in [2.45, 2.75) is 43.9 Å². The lowest BCUT2D eigenvalue weighted by atomic mass is 9.93. The molecule has 2 heterocycles. The van der Waals surface area contributed by atoms with Crippen molar-refractivity contribution >= 4 is 11.8 Å². The Kier molecular flexibility index (Phi) is 3.80. The van der Waals surface area contributed by atoms with Crippen molar-refractivity contribution in [3.8, 4) is 0 Å². The van der Waals surface area contributed by atoms with E-state index in [0.29, 0.717) is 6.04 Å². The second-order valence-corrected chi connectivity index (χ2v) is 6.72. The van der Waals surface area contributed by atoms with Gasteiger partial charge in [0.15, 0.2) is 0 Å². The van der Waals surface area contributed by atoms with Gasteiger partial charge in [0.1, 0.15) is 0 Å². The van der Waals surface area contributed by atoms with E-state index in [9.17, 15) is 0 Å². The van der Waals surface area contributed by atoms with Crippen LogP contribution in [0, 0.1) is 6.92 Å². The Morgan fingerprint density at radius 3 is 2.94 bits per heavy atom. The highest BCUT2D eigenvalue weighted by Gasteiger charge is 2.37. The predicted molar refractivity (Wildman–Crippen MR) is 72.9 cm³/mol. The van der Waals surface area contributed by atoms with Gasteiger partial charge in [-0.2, -0.15) is 16.9 Å². The van der Waals surface area contributed by atoms with E-state index in [1.807, 2.05) is 30.4 Å². The number of nitrogens with two attached hydrogens (primary N) is 1. The van der Waals surface area contributed by atoms with Crippen LogP contribution in [0.1, 0.15) is 31.2 Å². The maximum atomic E-state index is 5.75. The molecule has 5 heteroatoms. The Balaban J connectivity index is 2.12. The molecule has 0 aromatic carbocycles. The summed E-state index contributed by atoms with van der Waals surface area (Å²) in [5.74, 6) is 7.00. The van der Waals surface area contributed by atoms with Gasteiger partial charge < -0.3 is 0 Å². The standard InChI is InChI=1S/C12H22N4S/c1-9-7-10(16(3)15-9)8-11(14-13)12(2)5-4-6-17-12/h7,11,14H,4-6,8,13H2,1-3H3. The van der Waals surface area contributed by atoms with Crippen LogP contribution in [0.2, 0.25) is 0 Å². The first kappa shape index (κ1) is 12.9. The van der Waals surface area contributed by atoms with E-state index in [0.717, 1.165) is 12.1 Å². The molecule has 2 atom stereocenters. The van der Waals surface area contributed by atoms with Crippen molar-refractivity contribution < 1.29 is 0 Å². The lowest BCUT2D eigenvalue weighted by Gasteiger charge is -2.32. The van der Waals surface area contributed by atoms with Crippen LogP contribution in [-0.4, -0.2) is 26.3 Å². The fraction of sp³-hybridized carbons (Fsp3) is 0.750. The average Bonchev–Trinajstić information content (AvgIpc) is 2.83. The van der Waals surface area contributed by atoms with E-state index in [2.05, 4.69) is 23.5 Å². The molecule has 17 heavy (non-hydrogen) atoms. The first-order chi connectivity index (χ1) is 8.05. The average molecular weight is 254 g/mol. The quantitative estimate of drug-likeness (QED) is 0.630. The summed E-state index contributed by atoms with van der Waals surface area (Å²) in [7, 11) is 2.00. The third-order valence-electron chi connectivity index (χ3n) is 3.70. The summed E-state index contributed by atoms with van der Waals surface area (Å²) in [5.41, 5.74) is 5.33. The number of hydrogen-bond acceptors (Lipinski definition) is 4. The molecule has 2 rings (SSSR count). The fourth-order valence-electron chi connectivity index (χ4n) is 2.59. The third-order valence-corrected chi connectivity index (χ3v) is 5.34. The van der Waals surface area contributed by atoms with Gasteiger partial charge in [-0.05, 0) is 38.5 Å². The van der Waals surface area contributed by atoms with E-state index in [1.165, 1.54) is 24.3 Å². The molecule has 0 amide bonds. The van der Waals surface area contributed by atoms with E-state index < -0.39 is 0 Å². The van der Waals surface area contributed by atoms with Crippen molar-refractivity contribution in [2.75, 3.05) is 5.75 Å². The molecule has 1 saturated heterocycles. The molecule has 96 valence electrons. The van der Waals surface area contributed by atoms with Crippen LogP contribution in [0.3, 0.4) is 0 Å². The summed E-state index contributed by atoms with van der Waals surface area (Å²) in [6.07, 6.45) is 3.48. The van der Waals surface area contributed by atoms with Crippen LogP contribution >= 0.6 is 11.8 Å². The largest absolute Gasteiger partial charge is 0.272 e. The molecule has 0 aliphatic carbocycles. The van der Waals surface area contributed by atoms with Gasteiger partial charge in [0, 0.05) is 30.0 Å². The van der Waals surface area contributed by atoms with Gasteiger partial charge in [0.25, 0.3) is 0 Å². The number of aryl methyl sites for hydroxylation is 2. The van der Waals surface area contributed by atoms with Crippen LogP contribution in [0.4, 0.5) is 0 Å². The monoisotopic (exact) mass is 254 g/mol. The van der Waals surface area contributed by atoms with Gasteiger partial charge >= 0.3 is 0 Å². The SMILES string of the molecule is Cc1cc(CC(NN)C2(C)CCCS2)n(C)n1. The number of rotatable bonds is 4. The number of nitrogens with zero attached hydrogens (tertiary/aromatic N) is 2. The van der Waals surface area contributed by atoms with Crippen LogP contribution in [0.15, 0.2) is 6.07 Å². The highest BCUT2D eigenvalue weighted by molar-refractivity contribution is 8.00. The molecule has 0 saturated carbocycles. The molecule has 1 aliphatic rings. The van der Waals surface area contributed by atoms with Gasteiger partial charge in [-0.15, -0.1) is 0 Å².